The van der Waals surface area contributed by atoms with Crippen molar-refractivity contribution in [3.63, 3.8) is 0 Å². The van der Waals surface area contributed by atoms with Crippen LogP contribution in [0.5, 0.6) is 5.75 Å². The molecule has 2 nitrogen and oxygen atoms in total. The summed E-state index contributed by atoms with van der Waals surface area (Å²) < 4.78 is 6.20. The normalized spacial score (nSPS) is 10.9. The molecule has 0 radical (unpaired) electrons. The molecule has 0 amide bonds. The minimum absolute atomic E-state index is 0.492. The van der Waals surface area contributed by atoms with Gasteiger partial charge >= 0.3 is 0 Å². The molecule has 4 heteroatoms. The number of aryl methyl sites for hydroxylation is 1. The second kappa shape index (κ2) is 8.77. The summed E-state index contributed by atoms with van der Waals surface area (Å²) in [7, 11) is 0. The average Bonchev–Trinajstić information content (AvgIpc) is 2.73. The molecular weight excluding hydrogens is 401 g/mol. The van der Waals surface area contributed by atoms with Crippen LogP contribution in [0, 0.1) is 6.92 Å². The van der Waals surface area contributed by atoms with Gasteiger partial charge in [0, 0.05) is 27.8 Å². The fourth-order valence-electron chi connectivity index (χ4n) is 3.38. The fraction of sp³-hybridized carbons (Fsp3) is 0.120. The molecule has 0 saturated carbocycles. The van der Waals surface area contributed by atoms with E-state index in [1.807, 2.05) is 42.5 Å². The molecule has 4 aromatic rings. The summed E-state index contributed by atoms with van der Waals surface area (Å²) in [5, 5.41) is 7.25. The predicted octanol–water partition coefficient (Wildman–Crippen LogP) is 7.65. The summed E-state index contributed by atoms with van der Waals surface area (Å²) in [6, 6.07) is 26.2. The molecule has 0 aliphatic carbocycles. The van der Waals surface area contributed by atoms with Gasteiger partial charge in [-0.2, -0.15) is 0 Å². The van der Waals surface area contributed by atoms with Crippen LogP contribution in [-0.2, 0) is 13.2 Å². The Bertz CT molecular complexity index is 1150. The van der Waals surface area contributed by atoms with E-state index in [9.17, 15) is 0 Å². The van der Waals surface area contributed by atoms with Crippen molar-refractivity contribution in [3.8, 4) is 5.75 Å². The summed E-state index contributed by atoms with van der Waals surface area (Å²) in [5.41, 5.74) is 4.28. The van der Waals surface area contributed by atoms with Gasteiger partial charge in [-0.1, -0.05) is 71.7 Å². The number of hydrogen-bond acceptors (Lipinski definition) is 2. The largest absolute Gasteiger partial charge is 0.489 e. The Morgan fingerprint density at radius 3 is 2.45 bits per heavy atom. The highest BCUT2D eigenvalue weighted by molar-refractivity contribution is 6.31. The lowest BCUT2D eigenvalue weighted by molar-refractivity contribution is 0.305. The quantitative estimate of drug-likeness (QED) is 0.345. The van der Waals surface area contributed by atoms with Crippen molar-refractivity contribution in [3.05, 3.63) is 106 Å². The van der Waals surface area contributed by atoms with E-state index in [2.05, 4.69) is 48.6 Å². The molecule has 29 heavy (non-hydrogen) atoms. The summed E-state index contributed by atoms with van der Waals surface area (Å²) in [5.74, 6) is 0.814. The predicted molar refractivity (Wildman–Crippen MR) is 123 cm³/mol. The number of ether oxygens (including phenoxy) is 1. The monoisotopic (exact) mass is 421 g/mol. The molecular formula is C25H21Cl2NO. The maximum atomic E-state index is 6.25. The van der Waals surface area contributed by atoms with Gasteiger partial charge in [0.1, 0.15) is 12.4 Å². The number of fused-ring (bicyclic) bond motifs is 1. The summed E-state index contributed by atoms with van der Waals surface area (Å²) in [4.78, 5) is 0. The molecule has 0 fully saturated rings. The van der Waals surface area contributed by atoms with Crippen LogP contribution < -0.4 is 10.1 Å². The Morgan fingerprint density at radius 1 is 0.793 bits per heavy atom. The first-order valence-corrected chi connectivity index (χ1v) is 10.2. The SMILES string of the molecule is Cc1ccc(Cl)cc1NCc1cc(Cl)ccc1OCc1cccc2ccccc12. The third-order valence-electron chi connectivity index (χ3n) is 4.95. The number of benzene rings is 4. The molecule has 0 spiro atoms. The third kappa shape index (κ3) is 4.67. The van der Waals surface area contributed by atoms with Gasteiger partial charge in [0.05, 0.1) is 0 Å². The highest BCUT2D eigenvalue weighted by Gasteiger charge is 2.08. The van der Waals surface area contributed by atoms with Gasteiger partial charge in [0.25, 0.3) is 0 Å². The lowest BCUT2D eigenvalue weighted by Crippen LogP contribution is -2.05. The van der Waals surface area contributed by atoms with Gasteiger partial charge in [-0.15, -0.1) is 0 Å². The Labute approximate surface area is 181 Å². The van der Waals surface area contributed by atoms with Gasteiger partial charge < -0.3 is 10.1 Å². The smallest absolute Gasteiger partial charge is 0.124 e. The van der Waals surface area contributed by atoms with E-state index in [-0.39, 0.29) is 0 Å². The van der Waals surface area contributed by atoms with Crippen LogP contribution in [0.4, 0.5) is 5.69 Å². The minimum Gasteiger partial charge on any atom is -0.489 e. The zero-order valence-electron chi connectivity index (χ0n) is 16.1. The number of hydrogen-bond donors (Lipinski definition) is 1. The van der Waals surface area contributed by atoms with Crippen LogP contribution in [0.1, 0.15) is 16.7 Å². The van der Waals surface area contributed by atoms with E-state index >= 15 is 0 Å². The fourth-order valence-corrected chi connectivity index (χ4v) is 3.74. The first kappa shape index (κ1) is 19.6. The van der Waals surface area contributed by atoms with Crippen molar-refractivity contribution in [2.45, 2.75) is 20.1 Å². The molecule has 0 aromatic heterocycles. The lowest BCUT2D eigenvalue weighted by Gasteiger charge is -2.15. The van der Waals surface area contributed by atoms with Gasteiger partial charge in [-0.25, -0.2) is 0 Å². The molecule has 4 rings (SSSR count). The van der Waals surface area contributed by atoms with E-state index in [1.54, 1.807) is 0 Å². The summed E-state index contributed by atoms with van der Waals surface area (Å²) in [6.07, 6.45) is 0. The Balaban J connectivity index is 1.54. The molecule has 146 valence electrons. The van der Waals surface area contributed by atoms with Crippen LogP contribution in [0.3, 0.4) is 0 Å². The Hall–Kier alpha value is -2.68. The highest BCUT2D eigenvalue weighted by Crippen LogP contribution is 2.28. The van der Waals surface area contributed by atoms with E-state index in [1.165, 1.54) is 10.8 Å². The summed E-state index contributed by atoms with van der Waals surface area (Å²) in [6.45, 7) is 3.13. The second-order valence-corrected chi connectivity index (χ2v) is 7.86. The highest BCUT2D eigenvalue weighted by atomic mass is 35.5. The van der Waals surface area contributed by atoms with Crippen molar-refractivity contribution in [1.29, 1.82) is 0 Å². The van der Waals surface area contributed by atoms with E-state index in [0.29, 0.717) is 23.2 Å². The van der Waals surface area contributed by atoms with Crippen LogP contribution in [0.15, 0.2) is 78.9 Å². The Morgan fingerprint density at radius 2 is 1.55 bits per heavy atom. The topological polar surface area (TPSA) is 21.3 Å². The maximum absolute atomic E-state index is 6.25. The molecule has 0 aliphatic heterocycles. The number of nitrogens with one attached hydrogen (secondary N) is 1. The molecule has 0 unspecified atom stereocenters. The zero-order chi connectivity index (χ0) is 20.2. The van der Waals surface area contributed by atoms with Crippen LogP contribution in [0.2, 0.25) is 10.0 Å². The first-order valence-electron chi connectivity index (χ1n) is 9.48. The van der Waals surface area contributed by atoms with Crippen LogP contribution in [0.25, 0.3) is 10.8 Å². The van der Waals surface area contributed by atoms with Crippen molar-refractivity contribution in [2.75, 3.05) is 5.32 Å². The van der Waals surface area contributed by atoms with Crippen molar-refractivity contribution in [1.82, 2.24) is 0 Å². The molecule has 0 atom stereocenters. The van der Waals surface area contributed by atoms with Crippen molar-refractivity contribution >= 4 is 39.7 Å². The molecule has 1 N–H and O–H groups in total. The minimum atomic E-state index is 0.492. The van der Waals surface area contributed by atoms with Crippen molar-refractivity contribution < 1.29 is 4.74 Å². The summed E-state index contributed by atoms with van der Waals surface area (Å²) >= 11 is 12.4. The average molecular weight is 422 g/mol. The van der Waals surface area contributed by atoms with Crippen LogP contribution >= 0.6 is 23.2 Å². The molecule has 0 saturated heterocycles. The van der Waals surface area contributed by atoms with Crippen molar-refractivity contribution in [2.24, 2.45) is 0 Å². The van der Waals surface area contributed by atoms with Gasteiger partial charge in [-0.05, 0) is 59.2 Å². The molecule has 4 aromatic carbocycles. The van der Waals surface area contributed by atoms with Gasteiger partial charge in [0.2, 0.25) is 0 Å². The second-order valence-electron chi connectivity index (χ2n) is 6.99. The molecule has 0 bridgehead atoms. The Kier molecular flexibility index (Phi) is 5.94. The first-order chi connectivity index (χ1) is 14.1. The van der Waals surface area contributed by atoms with Gasteiger partial charge in [-0.3, -0.25) is 0 Å². The maximum Gasteiger partial charge on any atom is 0.124 e. The standard InChI is InChI=1S/C25H21Cl2NO/c1-17-9-10-22(27)14-24(17)28-15-20-13-21(26)11-12-25(20)29-16-19-7-4-6-18-5-2-3-8-23(18)19/h2-14,28H,15-16H2,1H3. The van der Waals surface area contributed by atoms with E-state index in [0.717, 1.165) is 28.1 Å². The van der Waals surface area contributed by atoms with E-state index < -0.39 is 0 Å². The van der Waals surface area contributed by atoms with Gasteiger partial charge in [0.15, 0.2) is 0 Å². The zero-order valence-corrected chi connectivity index (χ0v) is 17.6. The third-order valence-corrected chi connectivity index (χ3v) is 5.42. The number of halogens is 2. The van der Waals surface area contributed by atoms with Crippen LogP contribution in [-0.4, -0.2) is 0 Å². The molecule has 0 heterocycles. The van der Waals surface area contributed by atoms with E-state index in [4.69, 9.17) is 27.9 Å². The molecule has 0 aliphatic rings. The number of rotatable bonds is 6. The lowest BCUT2D eigenvalue weighted by atomic mass is 10.1. The number of anilines is 1.